The van der Waals surface area contributed by atoms with E-state index in [-0.39, 0.29) is 11.6 Å². The molecular formula is C12H13BrN2O3. The number of benzene rings is 1. The maximum atomic E-state index is 11.9. The first-order valence-electron chi connectivity index (χ1n) is 5.80. The van der Waals surface area contributed by atoms with Crippen LogP contribution in [0.4, 0.5) is 5.69 Å². The molecule has 0 radical (unpaired) electrons. The minimum atomic E-state index is -0.507. The standard InChI is InChI=1S/C12H13BrN2O3/c13-11-4-3-9(15(17)18)7-10(11)12(16)14-6-5-8-1-2-8/h3-4,7-8H,1-2,5-6H2,(H,14,16). The lowest BCUT2D eigenvalue weighted by Crippen LogP contribution is -2.25. The van der Waals surface area contributed by atoms with Crippen LogP contribution >= 0.6 is 15.9 Å². The zero-order valence-corrected chi connectivity index (χ0v) is 11.3. The second-order valence-corrected chi connectivity index (χ2v) is 5.26. The van der Waals surface area contributed by atoms with Crippen LogP contribution in [0.3, 0.4) is 0 Å². The topological polar surface area (TPSA) is 72.2 Å². The van der Waals surface area contributed by atoms with E-state index in [0.29, 0.717) is 16.6 Å². The number of amides is 1. The SMILES string of the molecule is O=C(NCCC1CC1)c1cc([N+](=O)[O-])ccc1Br. The summed E-state index contributed by atoms with van der Waals surface area (Å²) in [4.78, 5) is 22.0. The summed E-state index contributed by atoms with van der Waals surface area (Å²) in [6, 6.07) is 4.18. The first kappa shape index (κ1) is 13.0. The van der Waals surface area contributed by atoms with Crippen LogP contribution in [-0.2, 0) is 0 Å². The molecule has 1 aliphatic rings. The summed E-state index contributed by atoms with van der Waals surface area (Å²) in [5.74, 6) is 0.477. The van der Waals surface area contributed by atoms with Crippen LogP contribution in [0, 0.1) is 16.0 Å². The van der Waals surface area contributed by atoms with Crippen molar-refractivity contribution >= 4 is 27.5 Å². The summed E-state index contributed by atoms with van der Waals surface area (Å²) in [5, 5.41) is 13.4. The Bertz CT molecular complexity index is 486. The van der Waals surface area contributed by atoms with Crippen molar-refractivity contribution in [1.82, 2.24) is 5.32 Å². The number of nitrogens with zero attached hydrogens (tertiary/aromatic N) is 1. The molecule has 1 saturated carbocycles. The molecule has 0 atom stereocenters. The Kier molecular flexibility index (Phi) is 3.96. The van der Waals surface area contributed by atoms with Crippen LogP contribution in [0.15, 0.2) is 22.7 Å². The number of non-ortho nitro benzene ring substituents is 1. The van der Waals surface area contributed by atoms with Crippen LogP contribution in [-0.4, -0.2) is 17.4 Å². The van der Waals surface area contributed by atoms with Gasteiger partial charge in [-0.15, -0.1) is 0 Å². The molecule has 0 spiro atoms. The highest BCUT2D eigenvalue weighted by Crippen LogP contribution is 2.31. The predicted octanol–water partition coefficient (Wildman–Crippen LogP) is 2.89. The highest BCUT2D eigenvalue weighted by atomic mass is 79.9. The van der Waals surface area contributed by atoms with Gasteiger partial charge in [0.2, 0.25) is 0 Å². The van der Waals surface area contributed by atoms with E-state index in [9.17, 15) is 14.9 Å². The molecule has 5 nitrogen and oxygen atoms in total. The van der Waals surface area contributed by atoms with E-state index in [1.165, 1.54) is 31.0 Å². The van der Waals surface area contributed by atoms with Gasteiger partial charge in [-0.1, -0.05) is 12.8 Å². The third-order valence-electron chi connectivity index (χ3n) is 2.94. The maximum absolute atomic E-state index is 11.9. The monoisotopic (exact) mass is 312 g/mol. The van der Waals surface area contributed by atoms with E-state index in [0.717, 1.165) is 12.3 Å². The molecule has 0 aliphatic heterocycles. The van der Waals surface area contributed by atoms with Crippen molar-refractivity contribution in [2.45, 2.75) is 19.3 Å². The summed E-state index contributed by atoms with van der Waals surface area (Å²) in [6.45, 7) is 0.624. The average molecular weight is 313 g/mol. The van der Waals surface area contributed by atoms with E-state index < -0.39 is 4.92 Å². The molecule has 0 aromatic heterocycles. The van der Waals surface area contributed by atoms with Gasteiger partial charge >= 0.3 is 0 Å². The van der Waals surface area contributed by atoms with Gasteiger partial charge in [-0.2, -0.15) is 0 Å². The fraction of sp³-hybridized carbons (Fsp3) is 0.417. The van der Waals surface area contributed by atoms with Gasteiger partial charge in [0, 0.05) is 23.2 Å². The van der Waals surface area contributed by atoms with Gasteiger partial charge in [-0.05, 0) is 34.3 Å². The quantitative estimate of drug-likeness (QED) is 0.671. The smallest absolute Gasteiger partial charge is 0.270 e. The van der Waals surface area contributed by atoms with Crippen LogP contribution in [0.5, 0.6) is 0 Å². The molecule has 0 saturated heterocycles. The number of carbonyl (C=O) groups excluding carboxylic acids is 1. The van der Waals surface area contributed by atoms with E-state index in [2.05, 4.69) is 21.2 Å². The Morgan fingerprint density at radius 1 is 1.50 bits per heavy atom. The molecule has 1 aromatic rings. The Morgan fingerprint density at radius 2 is 2.22 bits per heavy atom. The summed E-state index contributed by atoms with van der Waals surface area (Å²) in [6.07, 6.45) is 3.48. The molecule has 1 aromatic carbocycles. The fourth-order valence-electron chi connectivity index (χ4n) is 1.69. The minimum Gasteiger partial charge on any atom is -0.352 e. The zero-order valence-electron chi connectivity index (χ0n) is 9.69. The van der Waals surface area contributed by atoms with Crippen molar-refractivity contribution < 1.29 is 9.72 Å². The number of nitro benzene ring substituents is 1. The Hall–Kier alpha value is -1.43. The third kappa shape index (κ3) is 3.29. The van der Waals surface area contributed by atoms with Gasteiger partial charge < -0.3 is 5.32 Å². The number of nitro groups is 1. The number of hydrogen-bond acceptors (Lipinski definition) is 3. The van der Waals surface area contributed by atoms with Crippen LogP contribution < -0.4 is 5.32 Å². The zero-order chi connectivity index (χ0) is 13.1. The van der Waals surface area contributed by atoms with E-state index in [4.69, 9.17) is 0 Å². The van der Waals surface area contributed by atoms with Crippen molar-refractivity contribution in [1.29, 1.82) is 0 Å². The average Bonchev–Trinajstić information content (AvgIpc) is 3.13. The summed E-state index contributed by atoms with van der Waals surface area (Å²) in [7, 11) is 0. The summed E-state index contributed by atoms with van der Waals surface area (Å²) >= 11 is 3.23. The number of carbonyl (C=O) groups is 1. The Morgan fingerprint density at radius 3 is 2.83 bits per heavy atom. The molecule has 18 heavy (non-hydrogen) atoms. The van der Waals surface area contributed by atoms with Gasteiger partial charge in [-0.3, -0.25) is 14.9 Å². The predicted molar refractivity (Wildman–Crippen MR) is 70.5 cm³/mol. The number of rotatable bonds is 5. The molecule has 96 valence electrons. The Labute approximate surface area is 113 Å². The van der Waals surface area contributed by atoms with E-state index in [1.807, 2.05) is 0 Å². The van der Waals surface area contributed by atoms with Gasteiger partial charge in [-0.25, -0.2) is 0 Å². The maximum Gasteiger partial charge on any atom is 0.270 e. The molecular weight excluding hydrogens is 300 g/mol. The van der Waals surface area contributed by atoms with Crippen LogP contribution in [0.2, 0.25) is 0 Å². The van der Waals surface area contributed by atoms with Gasteiger partial charge in [0.05, 0.1) is 10.5 Å². The van der Waals surface area contributed by atoms with Gasteiger partial charge in [0.1, 0.15) is 0 Å². The van der Waals surface area contributed by atoms with Crippen molar-refractivity contribution in [3.63, 3.8) is 0 Å². The molecule has 2 rings (SSSR count). The van der Waals surface area contributed by atoms with Gasteiger partial charge in [0.25, 0.3) is 11.6 Å². The van der Waals surface area contributed by atoms with E-state index in [1.54, 1.807) is 0 Å². The molecule has 0 heterocycles. The van der Waals surface area contributed by atoms with Crippen molar-refractivity contribution in [3.05, 3.63) is 38.3 Å². The van der Waals surface area contributed by atoms with Crippen LogP contribution in [0.25, 0.3) is 0 Å². The van der Waals surface area contributed by atoms with Crippen LogP contribution in [0.1, 0.15) is 29.6 Å². The molecule has 1 amide bonds. The minimum absolute atomic E-state index is 0.0782. The van der Waals surface area contributed by atoms with Crippen molar-refractivity contribution in [3.8, 4) is 0 Å². The number of nitrogens with one attached hydrogen (secondary N) is 1. The second kappa shape index (κ2) is 5.48. The third-order valence-corrected chi connectivity index (χ3v) is 3.63. The summed E-state index contributed by atoms with van der Waals surface area (Å²) < 4.78 is 0.567. The fourth-order valence-corrected chi connectivity index (χ4v) is 2.12. The molecule has 1 fully saturated rings. The molecule has 6 heteroatoms. The molecule has 0 unspecified atom stereocenters. The van der Waals surface area contributed by atoms with Gasteiger partial charge in [0.15, 0.2) is 0 Å². The Balaban J connectivity index is 2.02. The molecule has 0 bridgehead atoms. The first-order chi connectivity index (χ1) is 8.58. The van der Waals surface area contributed by atoms with Crippen molar-refractivity contribution in [2.24, 2.45) is 5.92 Å². The lowest BCUT2D eigenvalue weighted by molar-refractivity contribution is -0.384. The van der Waals surface area contributed by atoms with E-state index >= 15 is 0 Å². The largest absolute Gasteiger partial charge is 0.352 e. The second-order valence-electron chi connectivity index (χ2n) is 4.41. The first-order valence-corrected chi connectivity index (χ1v) is 6.59. The highest BCUT2D eigenvalue weighted by Gasteiger charge is 2.21. The lowest BCUT2D eigenvalue weighted by atomic mass is 10.2. The summed E-state index contributed by atoms with van der Waals surface area (Å²) in [5.41, 5.74) is 0.227. The molecule has 1 N–H and O–H groups in total. The lowest BCUT2D eigenvalue weighted by Gasteiger charge is -2.06. The number of halogens is 1. The molecule has 1 aliphatic carbocycles. The number of hydrogen-bond donors (Lipinski definition) is 1. The normalized spacial score (nSPS) is 14.3. The van der Waals surface area contributed by atoms with Crippen molar-refractivity contribution in [2.75, 3.05) is 6.54 Å². The highest BCUT2D eigenvalue weighted by molar-refractivity contribution is 9.10.